The Bertz CT molecular complexity index is 669. The van der Waals surface area contributed by atoms with Gasteiger partial charge in [0, 0.05) is 12.6 Å². The molecule has 2 aliphatic rings. The van der Waals surface area contributed by atoms with Crippen molar-refractivity contribution in [3.63, 3.8) is 0 Å². The molecule has 6 heteroatoms. The minimum Gasteiger partial charge on any atom is -0.370 e. The quantitative estimate of drug-likeness (QED) is 0.826. The Hall–Kier alpha value is -0.950. The van der Waals surface area contributed by atoms with Crippen LogP contribution in [0.3, 0.4) is 0 Å². The maximum atomic E-state index is 11.9. The fourth-order valence-corrected chi connectivity index (χ4v) is 4.71. The SMILES string of the molecule is CNS(=O)(=O)c1cccc(C(C)NCC2CCC3(CCCC3)O2)c1. The van der Waals surface area contributed by atoms with Crippen molar-refractivity contribution in [1.29, 1.82) is 0 Å². The maximum Gasteiger partial charge on any atom is 0.240 e. The van der Waals surface area contributed by atoms with E-state index in [-0.39, 0.29) is 17.7 Å². The van der Waals surface area contributed by atoms with E-state index in [2.05, 4.69) is 17.0 Å². The third-order valence-corrected chi connectivity index (χ3v) is 6.85. The van der Waals surface area contributed by atoms with Gasteiger partial charge in [0.1, 0.15) is 0 Å². The smallest absolute Gasteiger partial charge is 0.240 e. The second-order valence-corrected chi connectivity index (χ2v) is 8.97. The van der Waals surface area contributed by atoms with E-state index in [1.807, 2.05) is 6.07 Å². The highest BCUT2D eigenvalue weighted by molar-refractivity contribution is 7.89. The number of hydrogen-bond donors (Lipinski definition) is 2. The monoisotopic (exact) mass is 352 g/mol. The lowest BCUT2D eigenvalue weighted by atomic mass is 9.98. The molecule has 1 spiro atoms. The van der Waals surface area contributed by atoms with Crippen LogP contribution in [0.25, 0.3) is 0 Å². The van der Waals surface area contributed by atoms with Crippen LogP contribution in [0.5, 0.6) is 0 Å². The van der Waals surface area contributed by atoms with Crippen LogP contribution >= 0.6 is 0 Å². The van der Waals surface area contributed by atoms with E-state index in [9.17, 15) is 8.42 Å². The standard InChI is InChI=1S/C18H28N2O3S/c1-14(15-6-5-7-17(12-15)24(21,22)19-2)20-13-16-8-11-18(23-16)9-3-4-10-18/h5-7,12,14,16,19-20H,3-4,8-11,13H2,1-2H3. The summed E-state index contributed by atoms with van der Waals surface area (Å²) in [7, 11) is -1.97. The fourth-order valence-electron chi connectivity index (χ4n) is 3.92. The van der Waals surface area contributed by atoms with Gasteiger partial charge in [0.15, 0.2) is 0 Å². The van der Waals surface area contributed by atoms with Crippen molar-refractivity contribution in [3.05, 3.63) is 29.8 Å². The Morgan fingerprint density at radius 1 is 1.29 bits per heavy atom. The van der Waals surface area contributed by atoms with Crippen molar-refractivity contribution < 1.29 is 13.2 Å². The molecule has 1 aliphatic carbocycles. The Labute approximate surface area is 145 Å². The molecule has 1 aromatic carbocycles. The first kappa shape index (κ1) is 17.9. The van der Waals surface area contributed by atoms with E-state index in [0.29, 0.717) is 4.90 Å². The molecule has 1 heterocycles. The van der Waals surface area contributed by atoms with Crippen molar-refractivity contribution in [2.24, 2.45) is 0 Å². The second-order valence-electron chi connectivity index (χ2n) is 7.08. The molecule has 1 aliphatic heterocycles. The summed E-state index contributed by atoms with van der Waals surface area (Å²) >= 11 is 0. The summed E-state index contributed by atoms with van der Waals surface area (Å²) in [5.74, 6) is 0. The highest BCUT2D eigenvalue weighted by Crippen LogP contribution is 2.43. The van der Waals surface area contributed by atoms with Gasteiger partial charge >= 0.3 is 0 Å². The topological polar surface area (TPSA) is 67.4 Å². The van der Waals surface area contributed by atoms with Gasteiger partial charge < -0.3 is 10.1 Å². The van der Waals surface area contributed by atoms with Crippen LogP contribution in [0.2, 0.25) is 0 Å². The van der Waals surface area contributed by atoms with Crippen LogP contribution in [-0.4, -0.2) is 33.7 Å². The molecule has 3 rings (SSSR count). The van der Waals surface area contributed by atoms with Crippen LogP contribution in [0.15, 0.2) is 29.2 Å². The van der Waals surface area contributed by atoms with Gasteiger partial charge in [0.25, 0.3) is 0 Å². The number of rotatable bonds is 6. The van der Waals surface area contributed by atoms with Gasteiger partial charge in [0.2, 0.25) is 10.0 Å². The summed E-state index contributed by atoms with van der Waals surface area (Å²) in [5.41, 5.74) is 1.14. The van der Waals surface area contributed by atoms with Gasteiger partial charge in [-0.1, -0.05) is 25.0 Å². The van der Waals surface area contributed by atoms with Crippen molar-refractivity contribution in [2.45, 2.75) is 68.1 Å². The maximum absolute atomic E-state index is 11.9. The van der Waals surface area contributed by atoms with Gasteiger partial charge in [-0.25, -0.2) is 13.1 Å². The number of ether oxygens (including phenoxy) is 1. The van der Waals surface area contributed by atoms with Crippen molar-refractivity contribution >= 4 is 10.0 Å². The number of hydrogen-bond acceptors (Lipinski definition) is 4. The molecule has 1 aromatic rings. The van der Waals surface area contributed by atoms with Crippen LogP contribution < -0.4 is 10.0 Å². The summed E-state index contributed by atoms with van der Waals surface area (Å²) in [6.07, 6.45) is 7.59. The first-order chi connectivity index (χ1) is 11.4. The molecule has 2 atom stereocenters. The van der Waals surface area contributed by atoms with E-state index in [1.165, 1.54) is 39.2 Å². The lowest BCUT2D eigenvalue weighted by Gasteiger charge is -2.25. The van der Waals surface area contributed by atoms with Crippen LogP contribution in [0.4, 0.5) is 0 Å². The molecule has 2 N–H and O–H groups in total. The largest absolute Gasteiger partial charge is 0.370 e. The molecule has 24 heavy (non-hydrogen) atoms. The van der Waals surface area contributed by atoms with E-state index in [0.717, 1.165) is 18.5 Å². The normalized spacial score (nSPS) is 24.5. The molecule has 5 nitrogen and oxygen atoms in total. The molecule has 0 radical (unpaired) electrons. The molecule has 0 amide bonds. The first-order valence-corrected chi connectivity index (χ1v) is 10.4. The summed E-state index contributed by atoms with van der Waals surface area (Å²) in [6, 6.07) is 7.18. The summed E-state index contributed by atoms with van der Waals surface area (Å²) in [4.78, 5) is 0.304. The van der Waals surface area contributed by atoms with Crippen LogP contribution in [0.1, 0.15) is 57.1 Å². The predicted molar refractivity (Wildman–Crippen MR) is 94.4 cm³/mol. The molecule has 0 aromatic heterocycles. The fraction of sp³-hybridized carbons (Fsp3) is 0.667. The van der Waals surface area contributed by atoms with E-state index >= 15 is 0 Å². The Kier molecular flexibility index (Phi) is 5.30. The zero-order chi connectivity index (χ0) is 17.2. The van der Waals surface area contributed by atoms with Crippen LogP contribution in [-0.2, 0) is 14.8 Å². The van der Waals surface area contributed by atoms with Crippen molar-refractivity contribution in [3.8, 4) is 0 Å². The van der Waals surface area contributed by atoms with Crippen molar-refractivity contribution in [2.75, 3.05) is 13.6 Å². The van der Waals surface area contributed by atoms with Gasteiger partial charge in [-0.05, 0) is 57.4 Å². The van der Waals surface area contributed by atoms with E-state index in [4.69, 9.17) is 4.74 Å². The molecule has 1 saturated carbocycles. The Balaban J connectivity index is 1.58. The molecule has 1 saturated heterocycles. The zero-order valence-electron chi connectivity index (χ0n) is 14.5. The molecular formula is C18H28N2O3S. The Morgan fingerprint density at radius 2 is 2.04 bits per heavy atom. The zero-order valence-corrected chi connectivity index (χ0v) is 15.4. The van der Waals surface area contributed by atoms with Gasteiger partial charge in [-0.15, -0.1) is 0 Å². The molecule has 2 fully saturated rings. The minimum atomic E-state index is -3.40. The average Bonchev–Trinajstić information content (AvgIpc) is 3.23. The number of nitrogens with one attached hydrogen (secondary N) is 2. The third kappa shape index (κ3) is 3.82. The molecular weight excluding hydrogens is 324 g/mol. The lowest BCUT2D eigenvalue weighted by Crippen LogP contribution is -2.32. The Morgan fingerprint density at radius 3 is 2.75 bits per heavy atom. The second kappa shape index (κ2) is 7.12. The highest BCUT2D eigenvalue weighted by atomic mass is 32.2. The highest BCUT2D eigenvalue weighted by Gasteiger charge is 2.41. The minimum absolute atomic E-state index is 0.0840. The van der Waals surface area contributed by atoms with Gasteiger partial charge in [-0.3, -0.25) is 0 Å². The third-order valence-electron chi connectivity index (χ3n) is 5.44. The lowest BCUT2D eigenvalue weighted by molar-refractivity contribution is -0.0357. The van der Waals surface area contributed by atoms with E-state index in [1.54, 1.807) is 18.2 Å². The summed E-state index contributed by atoms with van der Waals surface area (Å²) < 4.78 is 32.6. The van der Waals surface area contributed by atoms with Gasteiger partial charge in [-0.2, -0.15) is 0 Å². The molecule has 2 unspecified atom stereocenters. The van der Waals surface area contributed by atoms with Crippen molar-refractivity contribution in [1.82, 2.24) is 10.0 Å². The van der Waals surface area contributed by atoms with E-state index < -0.39 is 10.0 Å². The summed E-state index contributed by atoms with van der Waals surface area (Å²) in [5, 5.41) is 3.50. The predicted octanol–water partition coefficient (Wildman–Crippen LogP) is 2.74. The number of sulfonamides is 1. The van der Waals surface area contributed by atoms with Gasteiger partial charge in [0.05, 0.1) is 16.6 Å². The van der Waals surface area contributed by atoms with Crippen LogP contribution in [0, 0.1) is 0 Å². The first-order valence-electron chi connectivity index (χ1n) is 8.89. The summed E-state index contributed by atoms with van der Waals surface area (Å²) in [6.45, 7) is 2.87. The number of benzene rings is 1. The average molecular weight is 353 g/mol. The molecule has 0 bridgehead atoms. The molecule has 134 valence electrons.